The molecule has 0 aliphatic rings. The first kappa shape index (κ1) is 19.4. The van der Waals surface area contributed by atoms with E-state index in [1.807, 2.05) is 86.9 Å². The van der Waals surface area contributed by atoms with Crippen LogP contribution in [0.2, 0.25) is 0 Å². The minimum Gasteiger partial charge on any atom is -0.455 e. The molecular formula is C26H24N2O2. The second kappa shape index (κ2) is 9.05. The molecule has 0 fully saturated rings. The van der Waals surface area contributed by atoms with Gasteiger partial charge in [-0.15, -0.1) is 0 Å². The molecule has 150 valence electrons. The van der Waals surface area contributed by atoms with Gasteiger partial charge in [-0.2, -0.15) is 0 Å². The molecule has 0 saturated heterocycles. The van der Waals surface area contributed by atoms with E-state index in [2.05, 4.69) is 34.9 Å². The van der Waals surface area contributed by atoms with Crippen molar-refractivity contribution >= 4 is 11.4 Å². The molecule has 0 unspecified atom stereocenters. The lowest BCUT2D eigenvalue weighted by Crippen LogP contribution is -1.93. The summed E-state index contributed by atoms with van der Waals surface area (Å²) in [5.74, 6) is 3.20. The molecule has 30 heavy (non-hydrogen) atoms. The van der Waals surface area contributed by atoms with Crippen LogP contribution >= 0.6 is 0 Å². The summed E-state index contributed by atoms with van der Waals surface area (Å²) < 4.78 is 12.0. The van der Waals surface area contributed by atoms with E-state index >= 15 is 0 Å². The fraction of sp³-hybridized carbons (Fsp3) is 0.0769. The molecule has 0 aliphatic carbocycles. The van der Waals surface area contributed by atoms with Crippen molar-refractivity contribution in [3.05, 3.63) is 97.1 Å². The molecule has 0 bridgehead atoms. The van der Waals surface area contributed by atoms with Gasteiger partial charge in [-0.1, -0.05) is 48.5 Å². The van der Waals surface area contributed by atoms with Crippen molar-refractivity contribution in [1.29, 1.82) is 0 Å². The van der Waals surface area contributed by atoms with Crippen molar-refractivity contribution in [2.75, 3.05) is 24.7 Å². The van der Waals surface area contributed by atoms with Crippen LogP contribution in [0.25, 0.3) is 11.1 Å². The normalized spacial score (nSPS) is 10.3. The molecule has 0 amide bonds. The molecule has 0 aliphatic heterocycles. The SMILES string of the molecule is CNc1ccccc1Oc1ccc(-c2ccc(Oc3ccccc3NC)cc2)cc1. The number of para-hydroxylation sites is 4. The summed E-state index contributed by atoms with van der Waals surface area (Å²) >= 11 is 0. The van der Waals surface area contributed by atoms with Crippen LogP contribution in [-0.2, 0) is 0 Å². The van der Waals surface area contributed by atoms with E-state index in [0.717, 1.165) is 45.5 Å². The third kappa shape index (κ3) is 4.39. The highest BCUT2D eigenvalue weighted by atomic mass is 16.5. The summed E-state index contributed by atoms with van der Waals surface area (Å²) in [6.07, 6.45) is 0. The van der Waals surface area contributed by atoms with Gasteiger partial charge in [0.2, 0.25) is 0 Å². The van der Waals surface area contributed by atoms with Crippen molar-refractivity contribution in [1.82, 2.24) is 0 Å². The average molecular weight is 396 g/mol. The molecule has 4 heteroatoms. The van der Waals surface area contributed by atoms with Gasteiger partial charge in [0.15, 0.2) is 0 Å². The summed E-state index contributed by atoms with van der Waals surface area (Å²) in [4.78, 5) is 0. The van der Waals surface area contributed by atoms with Gasteiger partial charge < -0.3 is 20.1 Å². The van der Waals surface area contributed by atoms with Crippen LogP contribution in [0, 0.1) is 0 Å². The van der Waals surface area contributed by atoms with E-state index in [0.29, 0.717) is 0 Å². The first-order valence-corrected chi connectivity index (χ1v) is 9.86. The van der Waals surface area contributed by atoms with Crippen LogP contribution in [0.4, 0.5) is 11.4 Å². The third-order valence-electron chi connectivity index (χ3n) is 4.81. The van der Waals surface area contributed by atoms with Crippen LogP contribution in [0.3, 0.4) is 0 Å². The highest BCUT2D eigenvalue weighted by molar-refractivity contribution is 5.66. The van der Waals surface area contributed by atoms with Crippen LogP contribution in [0.5, 0.6) is 23.0 Å². The molecule has 0 atom stereocenters. The van der Waals surface area contributed by atoms with Gasteiger partial charge in [0.1, 0.15) is 23.0 Å². The fourth-order valence-corrected chi connectivity index (χ4v) is 3.21. The Morgan fingerprint density at radius 2 is 0.833 bits per heavy atom. The largest absolute Gasteiger partial charge is 0.455 e. The van der Waals surface area contributed by atoms with Gasteiger partial charge in [-0.25, -0.2) is 0 Å². The zero-order chi connectivity index (χ0) is 20.8. The molecular weight excluding hydrogens is 372 g/mol. The van der Waals surface area contributed by atoms with Crippen molar-refractivity contribution < 1.29 is 9.47 Å². The van der Waals surface area contributed by atoms with E-state index < -0.39 is 0 Å². The van der Waals surface area contributed by atoms with Crippen molar-refractivity contribution in [3.8, 4) is 34.1 Å². The van der Waals surface area contributed by atoms with Crippen LogP contribution in [-0.4, -0.2) is 14.1 Å². The average Bonchev–Trinajstić information content (AvgIpc) is 2.81. The van der Waals surface area contributed by atoms with E-state index in [9.17, 15) is 0 Å². The highest BCUT2D eigenvalue weighted by Crippen LogP contribution is 2.32. The van der Waals surface area contributed by atoms with Gasteiger partial charge in [-0.05, 0) is 59.7 Å². The lowest BCUT2D eigenvalue weighted by molar-refractivity contribution is 0.484. The molecule has 4 aromatic rings. The monoisotopic (exact) mass is 396 g/mol. The number of rotatable bonds is 7. The summed E-state index contributed by atoms with van der Waals surface area (Å²) in [6, 6.07) is 31.9. The highest BCUT2D eigenvalue weighted by Gasteiger charge is 2.06. The van der Waals surface area contributed by atoms with Gasteiger partial charge in [0, 0.05) is 14.1 Å². The fourth-order valence-electron chi connectivity index (χ4n) is 3.21. The lowest BCUT2D eigenvalue weighted by atomic mass is 10.1. The first-order chi connectivity index (χ1) is 14.8. The molecule has 0 spiro atoms. The van der Waals surface area contributed by atoms with E-state index in [-0.39, 0.29) is 0 Å². The van der Waals surface area contributed by atoms with Crippen LogP contribution in [0.15, 0.2) is 97.1 Å². The third-order valence-corrected chi connectivity index (χ3v) is 4.81. The Kier molecular flexibility index (Phi) is 5.85. The van der Waals surface area contributed by atoms with Crippen molar-refractivity contribution in [2.45, 2.75) is 0 Å². The predicted octanol–water partition coefficient (Wildman–Crippen LogP) is 7.02. The Morgan fingerprint density at radius 3 is 1.20 bits per heavy atom. The van der Waals surface area contributed by atoms with Gasteiger partial charge >= 0.3 is 0 Å². The number of benzene rings is 4. The Morgan fingerprint density at radius 1 is 0.467 bits per heavy atom. The zero-order valence-corrected chi connectivity index (χ0v) is 17.1. The Hall–Kier alpha value is -3.92. The Bertz CT molecular complexity index is 1020. The summed E-state index contributed by atoms with van der Waals surface area (Å²) in [5.41, 5.74) is 4.15. The maximum Gasteiger partial charge on any atom is 0.150 e. The van der Waals surface area contributed by atoms with Gasteiger partial charge in [0.05, 0.1) is 11.4 Å². The second-order valence-corrected chi connectivity index (χ2v) is 6.75. The molecule has 0 saturated carbocycles. The van der Waals surface area contributed by atoms with Gasteiger partial charge in [-0.3, -0.25) is 0 Å². The predicted molar refractivity (Wildman–Crippen MR) is 124 cm³/mol. The summed E-state index contributed by atoms with van der Waals surface area (Å²) in [6.45, 7) is 0. The van der Waals surface area contributed by atoms with Crippen LogP contribution in [0.1, 0.15) is 0 Å². The van der Waals surface area contributed by atoms with Gasteiger partial charge in [0.25, 0.3) is 0 Å². The van der Waals surface area contributed by atoms with E-state index in [1.54, 1.807) is 0 Å². The zero-order valence-electron chi connectivity index (χ0n) is 17.1. The maximum atomic E-state index is 6.01. The van der Waals surface area contributed by atoms with E-state index in [4.69, 9.17) is 9.47 Å². The molecule has 0 heterocycles. The topological polar surface area (TPSA) is 42.5 Å². The van der Waals surface area contributed by atoms with E-state index in [1.165, 1.54) is 0 Å². The lowest BCUT2D eigenvalue weighted by Gasteiger charge is -2.12. The standard InChI is InChI=1S/C26H24N2O2/c1-27-23-7-3-5-9-25(23)29-21-15-11-19(12-16-21)20-13-17-22(18-14-20)30-26-10-6-4-8-24(26)28-2/h3-18,27-28H,1-2H3. The van der Waals surface area contributed by atoms with Crippen LogP contribution < -0.4 is 20.1 Å². The molecule has 2 N–H and O–H groups in total. The number of nitrogens with one attached hydrogen (secondary N) is 2. The van der Waals surface area contributed by atoms with Crippen molar-refractivity contribution in [2.24, 2.45) is 0 Å². The molecule has 4 rings (SSSR count). The number of hydrogen-bond acceptors (Lipinski definition) is 4. The minimum atomic E-state index is 0.796. The molecule has 4 aromatic carbocycles. The second-order valence-electron chi connectivity index (χ2n) is 6.75. The molecule has 4 nitrogen and oxygen atoms in total. The van der Waals surface area contributed by atoms with Crippen molar-refractivity contribution in [3.63, 3.8) is 0 Å². The number of ether oxygens (including phenoxy) is 2. The Balaban J connectivity index is 1.47. The maximum absolute atomic E-state index is 6.01. The first-order valence-electron chi connectivity index (χ1n) is 9.86. The Labute approximate surface area is 177 Å². The molecule has 0 aromatic heterocycles. The smallest absolute Gasteiger partial charge is 0.150 e. The minimum absolute atomic E-state index is 0.796. The quantitative estimate of drug-likeness (QED) is 0.352. The number of anilines is 2. The number of hydrogen-bond donors (Lipinski definition) is 2. The molecule has 0 radical (unpaired) electrons. The summed E-state index contributed by atoms with van der Waals surface area (Å²) in [5, 5.41) is 6.28. The summed E-state index contributed by atoms with van der Waals surface area (Å²) in [7, 11) is 3.77.